The molecule has 0 unspecified atom stereocenters. The zero-order valence-electron chi connectivity index (χ0n) is 38.6. The number of hydrogen-bond acceptors (Lipinski definition) is 2. The molecule has 0 aliphatic heterocycles. The fourth-order valence-electron chi connectivity index (χ4n) is 8.20. The summed E-state index contributed by atoms with van der Waals surface area (Å²) in [5, 5.41) is 0. The van der Waals surface area contributed by atoms with E-state index in [2.05, 4.69) is 32.9 Å². The zero-order chi connectivity index (χ0) is 39.8. The highest BCUT2D eigenvalue weighted by Gasteiger charge is 2.03. The van der Waals surface area contributed by atoms with Gasteiger partial charge in [-0.05, 0) is 44.4 Å². The zero-order valence-corrected chi connectivity index (χ0v) is 38.6. The number of carbonyl (C=O) groups excluding carboxylic acids is 1. The minimum Gasteiger partial charge on any atom is -0.466 e. The first-order chi connectivity index (χ1) is 27.2. The summed E-state index contributed by atoms with van der Waals surface area (Å²) in [6, 6.07) is 0. The van der Waals surface area contributed by atoms with E-state index in [1.165, 1.54) is 270 Å². The van der Waals surface area contributed by atoms with Crippen molar-refractivity contribution in [2.75, 3.05) is 6.61 Å². The fourth-order valence-corrected chi connectivity index (χ4v) is 8.20. The van der Waals surface area contributed by atoms with Crippen molar-refractivity contribution in [1.82, 2.24) is 0 Å². The van der Waals surface area contributed by atoms with E-state index in [9.17, 15) is 4.79 Å². The van der Waals surface area contributed by atoms with Crippen LogP contribution in [0.4, 0.5) is 0 Å². The lowest BCUT2D eigenvalue weighted by atomic mass is 10.0. The highest BCUT2D eigenvalue weighted by molar-refractivity contribution is 5.69. The van der Waals surface area contributed by atoms with E-state index in [0.717, 1.165) is 18.8 Å². The van der Waals surface area contributed by atoms with E-state index < -0.39 is 0 Å². The van der Waals surface area contributed by atoms with E-state index >= 15 is 0 Å². The van der Waals surface area contributed by atoms with E-state index in [1.54, 1.807) is 0 Å². The van der Waals surface area contributed by atoms with Gasteiger partial charge in [0.15, 0.2) is 0 Å². The molecule has 55 heavy (non-hydrogen) atoms. The van der Waals surface area contributed by atoms with Crippen LogP contribution in [0, 0.1) is 5.92 Å². The predicted molar refractivity (Wildman–Crippen MR) is 248 cm³/mol. The second kappa shape index (κ2) is 49.4. The summed E-state index contributed by atoms with van der Waals surface area (Å²) >= 11 is 0. The average molecular weight is 773 g/mol. The van der Waals surface area contributed by atoms with Crippen LogP contribution >= 0.6 is 0 Å². The quantitative estimate of drug-likeness (QED) is 0.0350. The summed E-state index contributed by atoms with van der Waals surface area (Å²) < 4.78 is 5.49. The maximum Gasteiger partial charge on any atom is 0.305 e. The largest absolute Gasteiger partial charge is 0.466 e. The van der Waals surface area contributed by atoms with Crippen LogP contribution in [0.25, 0.3) is 0 Å². The molecular weight excluding hydrogens is 669 g/mol. The molecule has 0 aromatic rings. The van der Waals surface area contributed by atoms with Crippen molar-refractivity contribution >= 4 is 5.97 Å². The Kier molecular flexibility index (Phi) is 48.6. The van der Waals surface area contributed by atoms with Gasteiger partial charge < -0.3 is 4.74 Å². The summed E-state index contributed by atoms with van der Waals surface area (Å²) in [5.74, 6) is 0.916. The van der Waals surface area contributed by atoms with Crippen LogP contribution in [0.1, 0.15) is 310 Å². The Balaban J connectivity index is 3.15. The Morgan fingerprint density at radius 1 is 0.364 bits per heavy atom. The molecule has 0 aromatic carbocycles. The van der Waals surface area contributed by atoms with Gasteiger partial charge in [-0.3, -0.25) is 4.79 Å². The molecule has 0 aliphatic carbocycles. The highest BCUT2D eigenvalue weighted by Crippen LogP contribution is 2.18. The molecule has 0 radical (unpaired) electrons. The number of esters is 1. The van der Waals surface area contributed by atoms with Gasteiger partial charge in [-0.15, -0.1) is 0 Å². The molecule has 328 valence electrons. The first kappa shape index (κ1) is 54.2. The lowest BCUT2D eigenvalue weighted by Crippen LogP contribution is -2.05. The van der Waals surface area contributed by atoms with Gasteiger partial charge >= 0.3 is 5.97 Å². The second-order valence-electron chi connectivity index (χ2n) is 18.3. The van der Waals surface area contributed by atoms with Crippen molar-refractivity contribution in [3.05, 3.63) is 12.2 Å². The Labute approximate surface area is 348 Å². The van der Waals surface area contributed by atoms with Crippen LogP contribution in [0.3, 0.4) is 0 Å². The maximum atomic E-state index is 12.0. The normalized spacial score (nSPS) is 11.8. The minimum atomic E-state index is 0.0280. The summed E-state index contributed by atoms with van der Waals surface area (Å²) in [6.07, 6.45) is 66.4. The first-order valence-electron chi connectivity index (χ1n) is 26.0. The molecule has 2 heteroatoms. The number of unbranched alkanes of at least 4 members (excludes halogenated alkanes) is 40. The van der Waals surface area contributed by atoms with Crippen LogP contribution in [-0.2, 0) is 9.53 Å². The van der Waals surface area contributed by atoms with Crippen LogP contribution in [0.15, 0.2) is 12.2 Å². The number of ether oxygens (including phenoxy) is 1. The lowest BCUT2D eigenvalue weighted by molar-refractivity contribution is -0.143. The first-order valence-corrected chi connectivity index (χ1v) is 26.0. The van der Waals surface area contributed by atoms with Gasteiger partial charge in [0.25, 0.3) is 0 Å². The fraction of sp³-hybridized carbons (Fsp3) is 0.943. The van der Waals surface area contributed by atoms with Crippen LogP contribution in [-0.4, -0.2) is 12.6 Å². The molecule has 0 fully saturated rings. The molecule has 0 saturated heterocycles. The topological polar surface area (TPSA) is 26.3 Å². The standard InChI is InChI=1S/C53H104O2/c1-4-5-6-7-8-9-10-11-12-25-29-32-35-38-41-44-47-50-53(54)55-51-48-45-42-39-36-33-30-27-24-22-20-18-16-14-13-15-17-19-21-23-26-28-31-34-37-40-43-46-49-52(2)3/h9-10,52H,4-8,11-51H2,1-3H3. The van der Waals surface area contributed by atoms with Crippen molar-refractivity contribution < 1.29 is 9.53 Å². The van der Waals surface area contributed by atoms with Crippen molar-refractivity contribution in [3.8, 4) is 0 Å². The van der Waals surface area contributed by atoms with Crippen LogP contribution < -0.4 is 0 Å². The molecule has 0 N–H and O–H groups in total. The predicted octanol–water partition coefficient (Wildman–Crippen LogP) is 19.3. The summed E-state index contributed by atoms with van der Waals surface area (Å²) in [4.78, 5) is 12.0. The van der Waals surface area contributed by atoms with E-state index in [0.29, 0.717) is 13.0 Å². The minimum absolute atomic E-state index is 0.0280. The van der Waals surface area contributed by atoms with Crippen molar-refractivity contribution in [3.63, 3.8) is 0 Å². The Morgan fingerprint density at radius 2 is 0.636 bits per heavy atom. The molecule has 0 rings (SSSR count). The monoisotopic (exact) mass is 773 g/mol. The van der Waals surface area contributed by atoms with Gasteiger partial charge in [-0.1, -0.05) is 277 Å². The second-order valence-corrected chi connectivity index (χ2v) is 18.3. The van der Waals surface area contributed by atoms with Crippen LogP contribution in [0.5, 0.6) is 0 Å². The Morgan fingerprint density at radius 3 is 0.964 bits per heavy atom. The molecule has 0 atom stereocenters. The number of allylic oxidation sites excluding steroid dienone is 2. The lowest BCUT2D eigenvalue weighted by Gasteiger charge is -2.06. The Hall–Kier alpha value is -0.790. The van der Waals surface area contributed by atoms with Crippen LogP contribution in [0.2, 0.25) is 0 Å². The number of hydrogen-bond donors (Lipinski definition) is 0. The molecule has 0 aliphatic rings. The van der Waals surface area contributed by atoms with E-state index in [4.69, 9.17) is 4.74 Å². The summed E-state index contributed by atoms with van der Waals surface area (Å²) in [7, 11) is 0. The van der Waals surface area contributed by atoms with E-state index in [1.807, 2.05) is 0 Å². The van der Waals surface area contributed by atoms with Gasteiger partial charge in [0.1, 0.15) is 0 Å². The maximum absolute atomic E-state index is 12.0. The summed E-state index contributed by atoms with van der Waals surface area (Å²) in [6.45, 7) is 7.61. The molecule has 0 spiro atoms. The van der Waals surface area contributed by atoms with Crippen molar-refractivity contribution in [2.45, 2.75) is 310 Å². The van der Waals surface area contributed by atoms with Gasteiger partial charge in [0.05, 0.1) is 6.61 Å². The smallest absolute Gasteiger partial charge is 0.305 e. The molecule has 0 bridgehead atoms. The molecular formula is C53H104O2. The van der Waals surface area contributed by atoms with Crippen molar-refractivity contribution in [2.24, 2.45) is 5.92 Å². The number of rotatable bonds is 48. The highest BCUT2D eigenvalue weighted by atomic mass is 16.5. The Bertz CT molecular complexity index is 726. The molecule has 0 saturated carbocycles. The average Bonchev–Trinajstić information content (AvgIpc) is 3.18. The van der Waals surface area contributed by atoms with Gasteiger partial charge in [0.2, 0.25) is 0 Å². The van der Waals surface area contributed by atoms with E-state index in [-0.39, 0.29) is 5.97 Å². The van der Waals surface area contributed by atoms with Gasteiger partial charge in [-0.2, -0.15) is 0 Å². The third-order valence-corrected chi connectivity index (χ3v) is 12.1. The van der Waals surface area contributed by atoms with Gasteiger partial charge in [-0.25, -0.2) is 0 Å². The molecule has 2 nitrogen and oxygen atoms in total. The molecule has 0 heterocycles. The number of carbonyl (C=O) groups is 1. The molecule has 0 amide bonds. The summed E-state index contributed by atoms with van der Waals surface area (Å²) in [5.41, 5.74) is 0. The SMILES string of the molecule is CCCCCCC=CCCCCCCCCCCCC(=O)OCCCCCCCCCCCCCCCCCCCCCCCCCCCCCCC(C)C. The van der Waals surface area contributed by atoms with Gasteiger partial charge in [0, 0.05) is 6.42 Å². The third kappa shape index (κ3) is 51.2. The molecule has 0 aromatic heterocycles. The third-order valence-electron chi connectivity index (χ3n) is 12.1. The van der Waals surface area contributed by atoms with Crippen molar-refractivity contribution in [1.29, 1.82) is 0 Å².